The summed E-state index contributed by atoms with van der Waals surface area (Å²) in [5.74, 6) is 1.78. The van der Waals surface area contributed by atoms with Gasteiger partial charge in [-0.15, -0.1) is 24.0 Å². The molecule has 2 aliphatic heterocycles. The third-order valence-electron chi connectivity index (χ3n) is 5.79. The molecule has 0 bridgehead atoms. The number of hydrogen-bond donors (Lipinski definition) is 2. The first-order valence-corrected chi connectivity index (χ1v) is 12.0. The Hall–Kier alpha value is -0.810. The number of guanidine groups is 1. The Kier molecular flexibility index (Phi) is 13.2. The normalized spacial score (nSPS) is 21.7. The van der Waals surface area contributed by atoms with Gasteiger partial charge in [-0.1, -0.05) is 13.8 Å². The Morgan fingerprint density at radius 2 is 1.88 bits per heavy atom. The third kappa shape index (κ3) is 10.4. The van der Waals surface area contributed by atoms with E-state index in [-0.39, 0.29) is 30.1 Å². The zero-order valence-corrected chi connectivity index (χ0v) is 23.3. The Morgan fingerprint density at radius 1 is 1.19 bits per heavy atom. The van der Waals surface area contributed by atoms with Gasteiger partial charge in [0.2, 0.25) is 0 Å². The molecule has 9 heteroatoms. The second-order valence-electron chi connectivity index (χ2n) is 9.99. The number of piperidine rings is 1. The molecule has 1 amide bonds. The number of halogens is 1. The van der Waals surface area contributed by atoms with Gasteiger partial charge in [-0.05, 0) is 52.4 Å². The van der Waals surface area contributed by atoms with Crippen LogP contribution in [0.5, 0.6) is 0 Å². The minimum absolute atomic E-state index is 0. The summed E-state index contributed by atoms with van der Waals surface area (Å²) in [6.07, 6.45) is 1.91. The number of ether oxygens (including phenoxy) is 2. The number of nitrogens with zero attached hydrogens (tertiary/aromatic N) is 3. The zero-order chi connectivity index (χ0) is 22.9. The molecule has 32 heavy (non-hydrogen) atoms. The van der Waals surface area contributed by atoms with Crippen molar-refractivity contribution in [3.63, 3.8) is 0 Å². The van der Waals surface area contributed by atoms with Gasteiger partial charge >= 0.3 is 6.09 Å². The highest BCUT2D eigenvalue weighted by molar-refractivity contribution is 14.0. The highest BCUT2D eigenvalue weighted by Crippen LogP contribution is 2.19. The van der Waals surface area contributed by atoms with Gasteiger partial charge in [-0.25, -0.2) is 4.79 Å². The van der Waals surface area contributed by atoms with E-state index >= 15 is 0 Å². The van der Waals surface area contributed by atoms with Crippen molar-refractivity contribution in [1.82, 2.24) is 20.4 Å². The molecular weight excluding hydrogens is 521 g/mol. The number of morpholine rings is 1. The minimum atomic E-state index is -0.458. The fraction of sp³-hybridized carbons (Fsp3) is 0.913. The fourth-order valence-electron chi connectivity index (χ4n) is 4.15. The van der Waals surface area contributed by atoms with Gasteiger partial charge in [0.1, 0.15) is 5.60 Å². The van der Waals surface area contributed by atoms with Crippen molar-refractivity contribution in [3.05, 3.63) is 0 Å². The summed E-state index contributed by atoms with van der Waals surface area (Å²) in [6, 6.07) is 0.414. The number of rotatable bonds is 7. The molecule has 2 N–H and O–H groups in total. The van der Waals surface area contributed by atoms with E-state index in [1.807, 2.05) is 25.7 Å². The van der Waals surface area contributed by atoms with E-state index < -0.39 is 5.60 Å². The number of carbonyl (C=O) groups is 1. The minimum Gasteiger partial charge on any atom is -0.444 e. The van der Waals surface area contributed by atoms with Crippen molar-refractivity contribution < 1.29 is 14.3 Å². The number of hydrogen-bond acceptors (Lipinski definition) is 5. The van der Waals surface area contributed by atoms with E-state index in [2.05, 4.69) is 36.3 Å². The summed E-state index contributed by atoms with van der Waals surface area (Å²) in [5, 5.41) is 6.89. The lowest BCUT2D eigenvalue weighted by Gasteiger charge is -2.36. The number of nitrogens with one attached hydrogen (secondary N) is 2. The molecule has 2 atom stereocenters. The number of likely N-dealkylation sites (tertiary alicyclic amines) is 1. The summed E-state index contributed by atoms with van der Waals surface area (Å²) in [7, 11) is 0. The maximum atomic E-state index is 12.4. The molecule has 2 aliphatic rings. The molecule has 2 heterocycles. The van der Waals surface area contributed by atoms with Crippen molar-refractivity contribution in [1.29, 1.82) is 0 Å². The lowest BCUT2D eigenvalue weighted by molar-refractivity contribution is 0.00867. The maximum absolute atomic E-state index is 12.4. The highest BCUT2D eigenvalue weighted by atomic mass is 127. The molecule has 2 saturated heterocycles. The second-order valence-corrected chi connectivity index (χ2v) is 9.99. The van der Waals surface area contributed by atoms with Crippen LogP contribution < -0.4 is 10.6 Å². The van der Waals surface area contributed by atoms with E-state index in [4.69, 9.17) is 14.5 Å². The Bertz CT molecular complexity index is 576. The van der Waals surface area contributed by atoms with Crippen molar-refractivity contribution in [2.75, 3.05) is 59.0 Å². The Balaban J connectivity index is 0.00000512. The first kappa shape index (κ1) is 29.2. The maximum Gasteiger partial charge on any atom is 0.410 e. The molecule has 0 radical (unpaired) electrons. The van der Waals surface area contributed by atoms with Crippen molar-refractivity contribution in [3.8, 4) is 0 Å². The summed E-state index contributed by atoms with van der Waals surface area (Å²) in [5.41, 5.74) is -0.458. The Morgan fingerprint density at radius 3 is 2.47 bits per heavy atom. The summed E-state index contributed by atoms with van der Waals surface area (Å²) in [6.45, 7) is 19.8. The summed E-state index contributed by atoms with van der Waals surface area (Å²) >= 11 is 0. The standard InChI is InChI=1S/C23H45N5O3.HI/c1-7-24-21(26-16-20(18(2)3)27-11-13-30-14-12-27)25-15-19-9-8-10-28(17-19)22(29)31-23(4,5)6;/h18-20H,7-17H2,1-6H3,(H2,24,25,26);1H. The van der Waals surface area contributed by atoms with Crippen molar-refractivity contribution in [2.24, 2.45) is 16.8 Å². The van der Waals surface area contributed by atoms with E-state index in [1.165, 1.54) is 0 Å². The van der Waals surface area contributed by atoms with E-state index in [0.717, 1.165) is 77.8 Å². The molecule has 0 spiro atoms. The fourth-order valence-corrected chi connectivity index (χ4v) is 4.15. The quantitative estimate of drug-likeness (QED) is 0.280. The first-order chi connectivity index (χ1) is 14.7. The topological polar surface area (TPSA) is 78.4 Å². The van der Waals surface area contributed by atoms with Gasteiger partial charge in [-0.2, -0.15) is 0 Å². The highest BCUT2D eigenvalue weighted by Gasteiger charge is 2.28. The van der Waals surface area contributed by atoms with Crippen LogP contribution in [0.25, 0.3) is 0 Å². The van der Waals surface area contributed by atoms with E-state index in [0.29, 0.717) is 17.9 Å². The average molecular weight is 568 g/mol. The largest absolute Gasteiger partial charge is 0.444 e. The molecule has 2 unspecified atom stereocenters. The lowest BCUT2D eigenvalue weighted by atomic mass is 9.98. The molecule has 0 aromatic carbocycles. The van der Waals surface area contributed by atoms with Gasteiger partial charge in [0.25, 0.3) is 0 Å². The van der Waals surface area contributed by atoms with Crippen molar-refractivity contribution in [2.45, 2.75) is 66.0 Å². The number of amides is 1. The molecule has 2 fully saturated rings. The van der Waals surface area contributed by atoms with Crippen LogP contribution in [0.2, 0.25) is 0 Å². The van der Waals surface area contributed by atoms with E-state index in [9.17, 15) is 4.79 Å². The van der Waals surface area contributed by atoms with Crippen LogP contribution in [0, 0.1) is 11.8 Å². The third-order valence-corrected chi connectivity index (χ3v) is 5.79. The van der Waals surface area contributed by atoms with Gasteiger partial charge < -0.3 is 25.0 Å². The average Bonchev–Trinajstić information content (AvgIpc) is 2.71. The molecule has 0 aliphatic carbocycles. The molecule has 0 saturated carbocycles. The van der Waals surface area contributed by atoms with Crippen LogP contribution in [-0.4, -0.2) is 92.5 Å². The number of aliphatic imine (C=N–C) groups is 1. The molecule has 0 aromatic heterocycles. The predicted molar refractivity (Wildman–Crippen MR) is 141 cm³/mol. The predicted octanol–water partition coefficient (Wildman–Crippen LogP) is 3.16. The van der Waals surface area contributed by atoms with Crippen LogP contribution in [0.3, 0.4) is 0 Å². The van der Waals surface area contributed by atoms with Crippen LogP contribution in [0.15, 0.2) is 4.99 Å². The monoisotopic (exact) mass is 567 g/mol. The van der Waals surface area contributed by atoms with Crippen molar-refractivity contribution >= 4 is 36.0 Å². The Labute approximate surface area is 212 Å². The number of carbonyl (C=O) groups excluding carboxylic acids is 1. The van der Waals surface area contributed by atoms with Gasteiger partial charge in [0.05, 0.1) is 19.8 Å². The molecule has 188 valence electrons. The molecular formula is C23H46IN5O3. The second kappa shape index (κ2) is 14.5. The SMILES string of the molecule is CCNC(=NCC(C(C)C)N1CCOCC1)NCC1CCCN(C(=O)OC(C)(C)C)C1.I. The smallest absolute Gasteiger partial charge is 0.410 e. The van der Waals surface area contributed by atoms with E-state index in [1.54, 1.807) is 0 Å². The van der Waals surface area contributed by atoms with Crippen LogP contribution in [0.1, 0.15) is 54.4 Å². The summed E-state index contributed by atoms with van der Waals surface area (Å²) < 4.78 is 11.1. The molecule has 0 aromatic rings. The first-order valence-electron chi connectivity index (χ1n) is 12.0. The lowest BCUT2D eigenvalue weighted by Crippen LogP contribution is -2.49. The van der Waals surface area contributed by atoms with Gasteiger partial charge in [0.15, 0.2) is 5.96 Å². The van der Waals surface area contributed by atoms with Crippen LogP contribution in [0.4, 0.5) is 4.79 Å². The zero-order valence-electron chi connectivity index (χ0n) is 21.0. The molecule has 8 nitrogen and oxygen atoms in total. The summed E-state index contributed by atoms with van der Waals surface area (Å²) in [4.78, 5) is 21.7. The van der Waals surface area contributed by atoms with Gasteiger partial charge in [0, 0.05) is 45.3 Å². The van der Waals surface area contributed by atoms with Crippen LogP contribution in [-0.2, 0) is 9.47 Å². The van der Waals surface area contributed by atoms with Crippen LogP contribution >= 0.6 is 24.0 Å². The van der Waals surface area contributed by atoms with Gasteiger partial charge in [-0.3, -0.25) is 9.89 Å². The molecule has 2 rings (SSSR count).